The molecule has 0 spiro atoms. The summed E-state index contributed by atoms with van der Waals surface area (Å²) >= 11 is 0. The number of nitrogens with zero attached hydrogens (tertiary/aromatic N) is 2. The Labute approximate surface area is 138 Å². The molecule has 2 heterocycles. The monoisotopic (exact) mass is 312 g/mol. The largest absolute Gasteiger partial charge is 0.342 e. The van der Waals surface area contributed by atoms with Crippen molar-refractivity contribution in [1.82, 2.24) is 9.47 Å². The molecule has 1 aliphatic heterocycles. The molecule has 0 unspecified atom stereocenters. The minimum atomic E-state index is -0.0482. The van der Waals surface area contributed by atoms with Gasteiger partial charge in [-0.05, 0) is 83.8 Å². The Morgan fingerprint density at radius 1 is 1.04 bits per heavy atom. The Hall–Kier alpha value is -1.61. The first kappa shape index (κ1) is 16.3. The number of aromatic nitrogens is 1. The molecule has 23 heavy (non-hydrogen) atoms. The fourth-order valence-corrected chi connectivity index (χ4v) is 3.49. The van der Waals surface area contributed by atoms with Crippen LogP contribution in [0.15, 0.2) is 23.1 Å². The maximum absolute atomic E-state index is 13.0. The number of rotatable bonds is 2. The fraction of sp³-hybridized carbons (Fsp3) is 0.550. The summed E-state index contributed by atoms with van der Waals surface area (Å²) in [5.74, 6) is 0. The zero-order valence-electron chi connectivity index (χ0n) is 15.1. The maximum atomic E-state index is 13.0. The van der Waals surface area contributed by atoms with Gasteiger partial charge in [-0.3, -0.25) is 9.69 Å². The summed E-state index contributed by atoms with van der Waals surface area (Å²) in [6, 6.07) is 4.24. The van der Waals surface area contributed by atoms with Crippen LogP contribution in [-0.4, -0.2) is 22.6 Å². The highest BCUT2D eigenvalue weighted by Gasteiger charge is 2.20. The molecule has 1 fully saturated rings. The van der Waals surface area contributed by atoms with Gasteiger partial charge in [0, 0.05) is 29.2 Å². The second kappa shape index (κ2) is 5.79. The molecule has 3 rings (SSSR count). The van der Waals surface area contributed by atoms with E-state index in [0.717, 1.165) is 36.1 Å². The first-order chi connectivity index (χ1) is 10.8. The summed E-state index contributed by atoms with van der Waals surface area (Å²) in [5.41, 5.74) is 4.56. The standard InChI is InChI=1S/C20H28N2O/c1-14-10-17-18(11-15(14)2)22(20(3,4)5)13-16(19(17)23)12-21-8-6-7-9-21/h10-11,13H,6-9,12H2,1-5H3. The first-order valence-corrected chi connectivity index (χ1v) is 8.66. The molecule has 0 aliphatic carbocycles. The number of pyridine rings is 1. The predicted octanol–water partition coefficient (Wildman–Crippen LogP) is 3.97. The highest BCUT2D eigenvalue weighted by atomic mass is 16.1. The van der Waals surface area contributed by atoms with Gasteiger partial charge >= 0.3 is 0 Å². The summed E-state index contributed by atoms with van der Waals surface area (Å²) in [4.78, 5) is 15.4. The first-order valence-electron chi connectivity index (χ1n) is 8.66. The van der Waals surface area contributed by atoms with Gasteiger partial charge in [0.25, 0.3) is 0 Å². The summed E-state index contributed by atoms with van der Waals surface area (Å²) in [6.07, 6.45) is 4.59. The van der Waals surface area contributed by atoms with Gasteiger partial charge in [0.15, 0.2) is 5.43 Å². The number of fused-ring (bicyclic) bond motifs is 1. The van der Waals surface area contributed by atoms with Crippen molar-refractivity contribution in [1.29, 1.82) is 0 Å². The van der Waals surface area contributed by atoms with Crippen LogP contribution >= 0.6 is 0 Å². The van der Waals surface area contributed by atoms with Crippen molar-refractivity contribution in [3.63, 3.8) is 0 Å². The van der Waals surface area contributed by atoms with Gasteiger partial charge in [0.05, 0.1) is 5.52 Å². The molecule has 0 N–H and O–H groups in total. The second-order valence-electron chi connectivity index (χ2n) is 7.96. The Balaban J connectivity index is 2.23. The molecule has 1 aromatic heterocycles. The van der Waals surface area contributed by atoms with Gasteiger partial charge < -0.3 is 4.57 Å². The molecule has 2 aromatic rings. The van der Waals surface area contributed by atoms with Gasteiger partial charge in [-0.25, -0.2) is 0 Å². The summed E-state index contributed by atoms with van der Waals surface area (Å²) in [6.45, 7) is 13.8. The minimum absolute atomic E-state index is 0.0482. The lowest BCUT2D eigenvalue weighted by molar-refractivity contribution is 0.327. The molecule has 1 aromatic carbocycles. The lowest BCUT2D eigenvalue weighted by atomic mass is 10.0. The average molecular weight is 312 g/mol. The van der Waals surface area contributed by atoms with Gasteiger partial charge in [0.2, 0.25) is 0 Å². The normalized spacial score (nSPS) is 16.4. The van der Waals surface area contributed by atoms with Crippen LogP contribution < -0.4 is 5.43 Å². The van der Waals surface area contributed by atoms with Crippen molar-refractivity contribution in [2.75, 3.05) is 13.1 Å². The Kier molecular flexibility index (Phi) is 4.09. The average Bonchev–Trinajstić information content (AvgIpc) is 2.96. The topological polar surface area (TPSA) is 25.2 Å². The molecule has 1 saturated heterocycles. The third-order valence-electron chi connectivity index (χ3n) is 5.01. The lowest BCUT2D eigenvalue weighted by Crippen LogP contribution is -2.29. The predicted molar refractivity (Wildman–Crippen MR) is 97.2 cm³/mol. The third-order valence-corrected chi connectivity index (χ3v) is 5.01. The minimum Gasteiger partial charge on any atom is -0.342 e. The van der Waals surface area contributed by atoms with E-state index >= 15 is 0 Å². The SMILES string of the molecule is Cc1cc2c(=O)c(CN3CCCC3)cn(C(C)(C)C)c2cc1C. The van der Waals surface area contributed by atoms with E-state index in [1.54, 1.807) is 0 Å². The van der Waals surface area contributed by atoms with Gasteiger partial charge in [-0.15, -0.1) is 0 Å². The number of benzene rings is 1. The van der Waals surface area contributed by atoms with Crippen molar-refractivity contribution in [3.8, 4) is 0 Å². The zero-order chi connectivity index (χ0) is 16.8. The molecule has 1 aliphatic rings. The molecule has 124 valence electrons. The van der Waals surface area contributed by atoms with Crippen LogP contribution in [-0.2, 0) is 12.1 Å². The quantitative estimate of drug-likeness (QED) is 0.838. The Morgan fingerprint density at radius 3 is 2.26 bits per heavy atom. The summed E-state index contributed by atoms with van der Waals surface area (Å²) < 4.78 is 2.28. The summed E-state index contributed by atoms with van der Waals surface area (Å²) in [7, 11) is 0. The van der Waals surface area contributed by atoms with Crippen molar-refractivity contribution in [3.05, 3.63) is 45.2 Å². The maximum Gasteiger partial charge on any atom is 0.193 e. The van der Waals surface area contributed by atoms with Gasteiger partial charge in [-0.1, -0.05) is 0 Å². The molecule has 0 amide bonds. The molecule has 3 heteroatoms. The van der Waals surface area contributed by atoms with Crippen molar-refractivity contribution in [2.45, 2.75) is 59.5 Å². The highest BCUT2D eigenvalue weighted by molar-refractivity contribution is 5.81. The van der Waals surface area contributed by atoms with E-state index in [1.807, 2.05) is 0 Å². The van der Waals surface area contributed by atoms with Gasteiger partial charge in [0.1, 0.15) is 0 Å². The molecule has 0 saturated carbocycles. The van der Waals surface area contributed by atoms with Crippen LogP contribution in [0.2, 0.25) is 0 Å². The van der Waals surface area contributed by atoms with E-state index in [9.17, 15) is 4.79 Å². The second-order valence-corrected chi connectivity index (χ2v) is 7.96. The molecular weight excluding hydrogens is 284 g/mol. The number of hydrogen-bond donors (Lipinski definition) is 0. The highest BCUT2D eigenvalue weighted by Crippen LogP contribution is 2.25. The van der Waals surface area contributed by atoms with E-state index in [4.69, 9.17) is 0 Å². The number of hydrogen-bond acceptors (Lipinski definition) is 2. The van der Waals surface area contributed by atoms with Crippen molar-refractivity contribution >= 4 is 10.9 Å². The van der Waals surface area contributed by atoms with Crippen molar-refractivity contribution in [2.24, 2.45) is 0 Å². The van der Waals surface area contributed by atoms with Crippen LogP contribution in [0.5, 0.6) is 0 Å². The van der Waals surface area contributed by atoms with Crippen LogP contribution in [0, 0.1) is 13.8 Å². The zero-order valence-corrected chi connectivity index (χ0v) is 15.1. The van der Waals surface area contributed by atoms with E-state index < -0.39 is 0 Å². The Morgan fingerprint density at radius 2 is 1.65 bits per heavy atom. The van der Waals surface area contributed by atoms with Gasteiger partial charge in [-0.2, -0.15) is 0 Å². The van der Waals surface area contributed by atoms with Crippen LogP contribution in [0.25, 0.3) is 10.9 Å². The third kappa shape index (κ3) is 3.07. The molecule has 0 atom stereocenters. The molecule has 3 nitrogen and oxygen atoms in total. The van der Waals surface area contributed by atoms with Crippen LogP contribution in [0.3, 0.4) is 0 Å². The smallest absolute Gasteiger partial charge is 0.193 e. The molecule has 0 bridgehead atoms. The number of aryl methyl sites for hydroxylation is 2. The Bertz CT molecular complexity index is 790. The molecular formula is C20H28N2O. The van der Waals surface area contributed by atoms with Crippen LogP contribution in [0.4, 0.5) is 0 Å². The van der Waals surface area contributed by atoms with Crippen molar-refractivity contribution < 1.29 is 0 Å². The summed E-state index contributed by atoms with van der Waals surface area (Å²) in [5, 5.41) is 0.861. The number of likely N-dealkylation sites (tertiary alicyclic amines) is 1. The van der Waals surface area contributed by atoms with E-state index in [2.05, 4.69) is 62.4 Å². The van der Waals surface area contributed by atoms with E-state index in [0.29, 0.717) is 0 Å². The fourth-order valence-electron chi connectivity index (χ4n) is 3.49. The van der Waals surface area contributed by atoms with Crippen LogP contribution in [0.1, 0.15) is 50.3 Å². The van der Waals surface area contributed by atoms with E-state index in [1.165, 1.54) is 24.0 Å². The lowest BCUT2D eigenvalue weighted by Gasteiger charge is -2.28. The van der Waals surface area contributed by atoms with E-state index in [-0.39, 0.29) is 11.0 Å². The molecule has 0 radical (unpaired) electrons.